The third kappa shape index (κ3) is 4.55. The summed E-state index contributed by atoms with van der Waals surface area (Å²) < 4.78 is 0. The monoisotopic (exact) mass is 250 g/mol. The SMILES string of the molecule is CCCc1ccc(NC(=O)C(N)CC(=O)O)cc1. The summed E-state index contributed by atoms with van der Waals surface area (Å²) in [7, 11) is 0. The molecule has 0 aliphatic rings. The third-order valence-corrected chi connectivity index (χ3v) is 2.49. The van der Waals surface area contributed by atoms with Crippen LogP contribution in [0.5, 0.6) is 0 Å². The zero-order chi connectivity index (χ0) is 13.5. The van der Waals surface area contributed by atoms with Crippen LogP contribution >= 0.6 is 0 Å². The van der Waals surface area contributed by atoms with Crippen LogP contribution in [0.25, 0.3) is 0 Å². The Labute approximate surface area is 106 Å². The summed E-state index contributed by atoms with van der Waals surface area (Å²) in [6.07, 6.45) is 1.68. The van der Waals surface area contributed by atoms with E-state index >= 15 is 0 Å². The highest BCUT2D eigenvalue weighted by Crippen LogP contribution is 2.11. The Morgan fingerprint density at radius 2 is 1.94 bits per heavy atom. The zero-order valence-electron chi connectivity index (χ0n) is 10.3. The van der Waals surface area contributed by atoms with Gasteiger partial charge in [0.15, 0.2) is 0 Å². The van der Waals surface area contributed by atoms with E-state index in [4.69, 9.17) is 10.8 Å². The van der Waals surface area contributed by atoms with Gasteiger partial charge in [-0.3, -0.25) is 9.59 Å². The number of nitrogens with one attached hydrogen (secondary N) is 1. The molecule has 4 N–H and O–H groups in total. The highest BCUT2D eigenvalue weighted by Gasteiger charge is 2.16. The second-order valence-electron chi connectivity index (χ2n) is 4.14. The summed E-state index contributed by atoms with van der Waals surface area (Å²) in [6, 6.07) is 6.41. The molecule has 0 aliphatic carbocycles. The van der Waals surface area contributed by atoms with Crippen molar-refractivity contribution in [2.75, 3.05) is 5.32 Å². The van der Waals surface area contributed by atoms with Crippen molar-refractivity contribution in [1.82, 2.24) is 0 Å². The molecule has 5 nitrogen and oxygen atoms in total. The first-order chi connectivity index (χ1) is 8.52. The van der Waals surface area contributed by atoms with E-state index in [1.54, 1.807) is 12.1 Å². The van der Waals surface area contributed by atoms with E-state index in [1.165, 1.54) is 5.56 Å². The number of carbonyl (C=O) groups is 2. The van der Waals surface area contributed by atoms with Gasteiger partial charge >= 0.3 is 5.97 Å². The van der Waals surface area contributed by atoms with Gasteiger partial charge in [-0.05, 0) is 24.1 Å². The fourth-order valence-electron chi connectivity index (χ4n) is 1.56. The molecule has 1 atom stereocenters. The maximum absolute atomic E-state index is 11.6. The average molecular weight is 250 g/mol. The molecule has 0 spiro atoms. The summed E-state index contributed by atoms with van der Waals surface area (Å²) in [5, 5.41) is 11.1. The molecule has 0 bridgehead atoms. The Hall–Kier alpha value is -1.88. The second-order valence-corrected chi connectivity index (χ2v) is 4.14. The maximum Gasteiger partial charge on any atom is 0.305 e. The normalized spacial score (nSPS) is 11.9. The first kappa shape index (κ1) is 14.2. The number of nitrogens with two attached hydrogens (primary N) is 1. The van der Waals surface area contributed by atoms with E-state index in [1.807, 2.05) is 12.1 Å². The van der Waals surface area contributed by atoms with E-state index in [-0.39, 0.29) is 6.42 Å². The van der Waals surface area contributed by atoms with E-state index in [9.17, 15) is 9.59 Å². The molecular formula is C13H18N2O3. The number of hydrogen-bond acceptors (Lipinski definition) is 3. The number of carboxylic acids is 1. The summed E-state index contributed by atoms with van der Waals surface area (Å²) in [5.74, 6) is -1.57. The first-order valence-corrected chi connectivity index (χ1v) is 5.90. The number of hydrogen-bond donors (Lipinski definition) is 3. The van der Waals surface area contributed by atoms with Crippen molar-refractivity contribution in [2.24, 2.45) is 5.73 Å². The highest BCUT2D eigenvalue weighted by molar-refractivity contribution is 5.96. The quantitative estimate of drug-likeness (QED) is 0.711. The molecule has 0 aliphatic heterocycles. The topological polar surface area (TPSA) is 92.4 Å². The van der Waals surface area contributed by atoms with Crippen molar-refractivity contribution in [3.05, 3.63) is 29.8 Å². The van der Waals surface area contributed by atoms with E-state index in [0.717, 1.165) is 12.8 Å². The molecule has 0 saturated heterocycles. The number of carbonyl (C=O) groups excluding carboxylic acids is 1. The van der Waals surface area contributed by atoms with Gasteiger partial charge in [-0.1, -0.05) is 25.5 Å². The highest BCUT2D eigenvalue weighted by atomic mass is 16.4. The van der Waals surface area contributed by atoms with Gasteiger partial charge in [0.2, 0.25) is 5.91 Å². The van der Waals surface area contributed by atoms with Crippen molar-refractivity contribution in [3.63, 3.8) is 0 Å². The first-order valence-electron chi connectivity index (χ1n) is 5.90. The average Bonchev–Trinajstić information content (AvgIpc) is 2.31. The van der Waals surface area contributed by atoms with E-state index in [0.29, 0.717) is 5.69 Å². The fourth-order valence-corrected chi connectivity index (χ4v) is 1.56. The molecule has 1 amide bonds. The number of benzene rings is 1. The van der Waals surface area contributed by atoms with E-state index < -0.39 is 17.9 Å². The van der Waals surface area contributed by atoms with Crippen LogP contribution in [-0.4, -0.2) is 23.0 Å². The Kier molecular flexibility index (Phi) is 5.32. The molecule has 1 rings (SSSR count). The van der Waals surface area contributed by atoms with E-state index in [2.05, 4.69) is 12.2 Å². The summed E-state index contributed by atoms with van der Waals surface area (Å²) in [4.78, 5) is 22.0. The minimum atomic E-state index is -1.09. The van der Waals surface area contributed by atoms with Crippen molar-refractivity contribution < 1.29 is 14.7 Å². The number of anilines is 1. The second kappa shape index (κ2) is 6.76. The lowest BCUT2D eigenvalue weighted by molar-refractivity contribution is -0.138. The molecule has 0 radical (unpaired) electrons. The number of aliphatic carboxylic acids is 1. The van der Waals surface area contributed by atoms with Gasteiger partial charge in [0.1, 0.15) is 0 Å². The number of rotatable bonds is 6. The molecule has 0 fully saturated rings. The number of carboxylic acid groups (broad SMARTS) is 1. The van der Waals surface area contributed by atoms with Gasteiger partial charge in [-0.15, -0.1) is 0 Å². The van der Waals surface area contributed by atoms with Crippen molar-refractivity contribution in [2.45, 2.75) is 32.2 Å². The van der Waals surface area contributed by atoms with Gasteiger partial charge in [-0.2, -0.15) is 0 Å². The van der Waals surface area contributed by atoms with Crippen LogP contribution < -0.4 is 11.1 Å². The molecule has 0 heterocycles. The molecule has 0 aromatic heterocycles. The zero-order valence-corrected chi connectivity index (χ0v) is 10.3. The summed E-state index contributed by atoms with van der Waals surface area (Å²) in [6.45, 7) is 2.10. The molecule has 18 heavy (non-hydrogen) atoms. The van der Waals surface area contributed by atoms with Gasteiger partial charge in [0.25, 0.3) is 0 Å². The molecule has 1 aromatic carbocycles. The van der Waals surface area contributed by atoms with Crippen molar-refractivity contribution in [1.29, 1.82) is 0 Å². The van der Waals surface area contributed by atoms with Gasteiger partial charge in [0, 0.05) is 5.69 Å². The van der Waals surface area contributed by atoms with Gasteiger partial charge < -0.3 is 16.2 Å². The Bertz CT molecular complexity index is 415. The Balaban J connectivity index is 2.56. The van der Waals surface area contributed by atoms with Crippen LogP contribution in [0.15, 0.2) is 24.3 Å². The van der Waals surface area contributed by atoms with Crippen LogP contribution in [0.3, 0.4) is 0 Å². The van der Waals surface area contributed by atoms with Gasteiger partial charge in [0.05, 0.1) is 12.5 Å². The summed E-state index contributed by atoms with van der Waals surface area (Å²) in [5.41, 5.74) is 7.28. The molecule has 5 heteroatoms. The standard InChI is InChI=1S/C13H18N2O3/c1-2-3-9-4-6-10(7-5-9)15-13(18)11(14)8-12(16)17/h4-7,11H,2-3,8,14H2,1H3,(H,15,18)(H,16,17). The van der Waals surface area contributed by atoms with Crippen LogP contribution in [0.1, 0.15) is 25.3 Å². The lowest BCUT2D eigenvalue weighted by atomic mass is 10.1. The predicted molar refractivity (Wildman–Crippen MR) is 69.3 cm³/mol. The minimum absolute atomic E-state index is 0.375. The largest absolute Gasteiger partial charge is 0.481 e. The van der Waals surface area contributed by atoms with Gasteiger partial charge in [-0.25, -0.2) is 0 Å². The number of aryl methyl sites for hydroxylation is 1. The molecule has 0 saturated carbocycles. The minimum Gasteiger partial charge on any atom is -0.481 e. The summed E-state index contributed by atoms with van der Waals surface area (Å²) >= 11 is 0. The molecule has 1 aromatic rings. The van der Waals surface area contributed by atoms with Crippen molar-refractivity contribution in [3.8, 4) is 0 Å². The lowest BCUT2D eigenvalue weighted by Crippen LogP contribution is -2.37. The molecule has 1 unspecified atom stereocenters. The van der Waals surface area contributed by atoms with Crippen LogP contribution in [-0.2, 0) is 16.0 Å². The molecular weight excluding hydrogens is 232 g/mol. The number of amides is 1. The Morgan fingerprint density at radius 1 is 1.33 bits per heavy atom. The Morgan fingerprint density at radius 3 is 2.44 bits per heavy atom. The lowest BCUT2D eigenvalue weighted by Gasteiger charge is -2.10. The third-order valence-electron chi connectivity index (χ3n) is 2.49. The van der Waals surface area contributed by atoms with Crippen LogP contribution in [0.4, 0.5) is 5.69 Å². The maximum atomic E-state index is 11.6. The predicted octanol–water partition coefficient (Wildman–Crippen LogP) is 1.38. The van der Waals surface area contributed by atoms with Crippen LogP contribution in [0.2, 0.25) is 0 Å². The fraction of sp³-hybridized carbons (Fsp3) is 0.385. The molecule has 98 valence electrons. The van der Waals surface area contributed by atoms with Crippen LogP contribution in [0, 0.1) is 0 Å². The van der Waals surface area contributed by atoms with Crippen molar-refractivity contribution >= 4 is 17.6 Å². The smallest absolute Gasteiger partial charge is 0.305 e.